The standard InChI is InChI=1S/C12H15NO3/c13-10-4-2-1-3-9(10)12(11(14)15)5-7-16-8-6-12/h1-4H,5-8,13H2,(H,14,15). The minimum Gasteiger partial charge on any atom is -0.481 e. The molecule has 0 unspecified atom stereocenters. The first-order chi connectivity index (χ1) is 7.67. The number of anilines is 1. The third kappa shape index (κ3) is 1.65. The maximum Gasteiger partial charge on any atom is 0.314 e. The molecule has 0 amide bonds. The van der Waals surface area contributed by atoms with Crippen LogP contribution in [0.1, 0.15) is 18.4 Å². The number of nitrogens with two attached hydrogens (primary N) is 1. The molecule has 0 saturated carbocycles. The van der Waals surface area contributed by atoms with Crippen molar-refractivity contribution in [1.29, 1.82) is 0 Å². The highest BCUT2D eigenvalue weighted by atomic mass is 16.5. The molecule has 3 N–H and O–H groups in total. The molecule has 0 atom stereocenters. The summed E-state index contributed by atoms with van der Waals surface area (Å²) in [6, 6.07) is 7.18. The Balaban J connectivity index is 2.47. The van der Waals surface area contributed by atoms with Crippen LogP contribution in [0, 0.1) is 0 Å². The molecule has 1 aliphatic rings. The van der Waals surface area contributed by atoms with Gasteiger partial charge in [-0.1, -0.05) is 18.2 Å². The molecule has 1 heterocycles. The first kappa shape index (κ1) is 11.0. The Kier molecular flexibility index (Phi) is 2.83. The largest absolute Gasteiger partial charge is 0.481 e. The van der Waals surface area contributed by atoms with Crippen molar-refractivity contribution in [2.75, 3.05) is 18.9 Å². The van der Waals surface area contributed by atoms with Crippen LogP contribution in [-0.4, -0.2) is 24.3 Å². The summed E-state index contributed by atoms with van der Waals surface area (Å²) in [5.41, 5.74) is 6.26. The molecule has 86 valence electrons. The first-order valence-electron chi connectivity index (χ1n) is 5.33. The van der Waals surface area contributed by atoms with Gasteiger partial charge in [0.1, 0.15) is 0 Å². The summed E-state index contributed by atoms with van der Waals surface area (Å²) < 4.78 is 5.23. The van der Waals surface area contributed by atoms with Crippen molar-refractivity contribution in [2.24, 2.45) is 0 Å². The van der Waals surface area contributed by atoms with Gasteiger partial charge in [-0.05, 0) is 24.5 Å². The van der Waals surface area contributed by atoms with E-state index in [9.17, 15) is 9.90 Å². The summed E-state index contributed by atoms with van der Waals surface area (Å²) in [5.74, 6) is -0.811. The molecule has 1 aromatic carbocycles. The van der Waals surface area contributed by atoms with Gasteiger partial charge in [-0.25, -0.2) is 0 Å². The Labute approximate surface area is 94.0 Å². The lowest BCUT2D eigenvalue weighted by Gasteiger charge is -2.34. The second kappa shape index (κ2) is 4.14. The van der Waals surface area contributed by atoms with Gasteiger partial charge in [0.2, 0.25) is 0 Å². The average Bonchev–Trinajstić information content (AvgIpc) is 2.30. The average molecular weight is 221 g/mol. The molecule has 1 aromatic rings. The van der Waals surface area contributed by atoms with Gasteiger partial charge in [0.15, 0.2) is 0 Å². The number of carboxylic acids is 1. The van der Waals surface area contributed by atoms with Crippen molar-refractivity contribution >= 4 is 11.7 Å². The van der Waals surface area contributed by atoms with Crippen LogP contribution in [0.3, 0.4) is 0 Å². The Morgan fingerprint density at radius 1 is 1.31 bits per heavy atom. The van der Waals surface area contributed by atoms with Crippen molar-refractivity contribution in [3.05, 3.63) is 29.8 Å². The van der Waals surface area contributed by atoms with Crippen LogP contribution < -0.4 is 5.73 Å². The van der Waals surface area contributed by atoms with Crippen LogP contribution in [0.15, 0.2) is 24.3 Å². The molecule has 4 heteroatoms. The SMILES string of the molecule is Nc1ccccc1C1(C(=O)O)CCOCC1. The van der Waals surface area contributed by atoms with E-state index in [4.69, 9.17) is 10.5 Å². The van der Waals surface area contributed by atoms with E-state index in [1.165, 1.54) is 0 Å². The minimum absolute atomic E-state index is 0.473. The fourth-order valence-electron chi connectivity index (χ4n) is 2.25. The summed E-state index contributed by atoms with van der Waals surface area (Å²) in [7, 11) is 0. The summed E-state index contributed by atoms with van der Waals surface area (Å²) in [6.07, 6.45) is 0.965. The van der Waals surface area contributed by atoms with Gasteiger partial charge in [-0.3, -0.25) is 4.79 Å². The van der Waals surface area contributed by atoms with Gasteiger partial charge in [0.05, 0.1) is 5.41 Å². The van der Waals surface area contributed by atoms with E-state index < -0.39 is 11.4 Å². The molecule has 0 spiro atoms. The van der Waals surface area contributed by atoms with Gasteiger partial charge in [0.25, 0.3) is 0 Å². The van der Waals surface area contributed by atoms with Crippen LogP contribution in [-0.2, 0) is 14.9 Å². The second-order valence-electron chi connectivity index (χ2n) is 4.09. The summed E-state index contributed by atoms with van der Waals surface area (Å²) in [5, 5.41) is 9.46. The number of rotatable bonds is 2. The molecule has 0 radical (unpaired) electrons. The molecule has 2 rings (SSSR count). The number of carboxylic acid groups (broad SMARTS) is 1. The molecule has 1 aliphatic heterocycles. The molecule has 16 heavy (non-hydrogen) atoms. The van der Waals surface area contributed by atoms with Crippen LogP contribution in [0.2, 0.25) is 0 Å². The predicted octanol–water partition coefficient (Wildman–Crippen LogP) is 1.40. The smallest absolute Gasteiger partial charge is 0.314 e. The fourth-order valence-corrected chi connectivity index (χ4v) is 2.25. The van der Waals surface area contributed by atoms with E-state index in [-0.39, 0.29) is 0 Å². The van der Waals surface area contributed by atoms with E-state index in [0.29, 0.717) is 37.3 Å². The quantitative estimate of drug-likeness (QED) is 0.740. The summed E-state index contributed by atoms with van der Waals surface area (Å²) >= 11 is 0. The second-order valence-corrected chi connectivity index (χ2v) is 4.09. The monoisotopic (exact) mass is 221 g/mol. The Hall–Kier alpha value is -1.55. The number of ether oxygens (including phenoxy) is 1. The molecular weight excluding hydrogens is 206 g/mol. The molecule has 0 aromatic heterocycles. The van der Waals surface area contributed by atoms with Crippen molar-refractivity contribution in [3.8, 4) is 0 Å². The van der Waals surface area contributed by atoms with Crippen LogP contribution in [0.25, 0.3) is 0 Å². The Morgan fingerprint density at radius 2 is 1.94 bits per heavy atom. The van der Waals surface area contributed by atoms with Gasteiger partial charge < -0.3 is 15.6 Å². The maximum atomic E-state index is 11.5. The van der Waals surface area contributed by atoms with Crippen molar-refractivity contribution in [2.45, 2.75) is 18.3 Å². The molecule has 4 nitrogen and oxygen atoms in total. The highest BCUT2D eigenvalue weighted by Crippen LogP contribution is 2.37. The number of benzene rings is 1. The zero-order valence-electron chi connectivity index (χ0n) is 8.98. The maximum absolute atomic E-state index is 11.5. The van der Waals surface area contributed by atoms with E-state index in [1.807, 2.05) is 12.1 Å². The predicted molar refractivity (Wildman–Crippen MR) is 60.2 cm³/mol. The molecule has 1 saturated heterocycles. The number of nitrogen functional groups attached to an aromatic ring is 1. The minimum atomic E-state index is -0.871. The number of hydrogen-bond acceptors (Lipinski definition) is 3. The first-order valence-corrected chi connectivity index (χ1v) is 5.33. The van der Waals surface area contributed by atoms with Crippen LogP contribution in [0.5, 0.6) is 0 Å². The molecule has 1 fully saturated rings. The highest BCUT2D eigenvalue weighted by molar-refractivity contribution is 5.83. The molecule has 0 aliphatic carbocycles. The van der Waals surface area contributed by atoms with E-state index >= 15 is 0 Å². The van der Waals surface area contributed by atoms with Crippen molar-refractivity contribution < 1.29 is 14.6 Å². The molecular formula is C12H15NO3. The zero-order chi connectivity index (χ0) is 11.6. The lowest BCUT2D eigenvalue weighted by atomic mass is 9.73. The number of aliphatic carboxylic acids is 1. The van der Waals surface area contributed by atoms with E-state index in [0.717, 1.165) is 0 Å². The normalized spacial score (nSPS) is 19.2. The van der Waals surface area contributed by atoms with Crippen LogP contribution >= 0.6 is 0 Å². The number of para-hydroxylation sites is 1. The topological polar surface area (TPSA) is 72.6 Å². The van der Waals surface area contributed by atoms with Gasteiger partial charge in [0, 0.05) is 18.9 Å². The lowest BCUT2D eigenvalue weighted by Crippen LogP contribution is -2.41. The van der Waals surface area contributed by atoms with E-state index in [2.05, 4.69) is 0 Å². The third-order valence-electron chi connectivity index (χ3n) is 3.23. The van der Waals surface area contributed by atoms with E-state index in [1.54, 1.807) is 12.1 Å². The number of hydrogen-bond donors (Lipinski definition) is 2. The van der Waals surface area contributed by atoms with Crippen molar-refractivity contribution in [3.63, 3.8) is 0 Å². The molecule has 0 bridgehead atoms. The zero-order valence-corrected chi connectivity index (χ0v) is 8.98. The van der Waals surface area contributed by atoms with Crippen LogP contribution in [0.4, 0.5) is 5.69 Å². The van der Waals surface area contributed by atoms with Gasteiger partial charge >= 0.3 is 5.97 Å². The van der Waals surface area contributed by atoms with Crippen molar-refractivity contribution in [1.82, 2.24) is 0 Å². The fraction of sp³-hybridized carbons (Fsp3) is 0.417. The van der Waals surface area contributed by atoms with Gasteiger partial charge in [-0.15, -0.1) is 0 Å². The lowest BCUT2D eigenvalue weighted by molar-refractivity contribution is -0.147. The summed E-state index contributed by atoms with van der Waals surface area (Å²) in [4.78, 5) is 11.5. The third-order valence-corrected chi connectivity index (χ3v) is 3.23. The Morgan fingerprint density at radius 3 is 2.50 bits per heavy atom. The Bertz CT molecular complexity index is 397. The van der Waals surface area contributed by atoms with Gasteiger partial charge in [-0.2, -0.15) is 0 Å². The summed E-state index contributed by atoms with van der Waals surface area (Å²) in [6.45, 7) is 0.946. The highest BCUT2D eigenvalue weighted by Gasteiger charge is 2.42. The number of carbonyl (C=O) groups is 1.